The molecule has 0 aliphatic carbocycles. The third-order valence-corrected chi connectivity index (χ3v) is 2.45. The van der Waals surface area contributed by atoms with Crippen molar-refractivity contribution >= 4 is 0 Å². The van der Waals surface area contributed by atoms with Gasteiger partial charge in [-0.3, -0.25) is 4.90 Å². The first-order valence-corrected chi connectivity index (χ1v) is 7.13. The molecule has 1 aromatic rings. The van der Waals surface area contributed by atoms with Crippen LogP contribution in [0.2, 0.25) is 0 Å². The third-order valence-electron chi connectivity index (χ3n) is 2.45. The maximum atomic E-state index is 2.52. The van der Waals surface area contributed by atoms with Gasteiger partial charge in [-0.15, -0.1) is 0 Å². The average Bonchev–Trinajstić information content (AvgIpc) is 2.87. The smallest absolute Gasteiger partial charge is 0.0233 e. The lowest BCUT2D eigenvalue weighted by molar-refractivity contribution is 0.331. The first kappa shape index (κ1) is 16.2. The van der Waals surface area contributed by atoms with Crippen LogP contribution in [0, 0.1) is 0 Å². The predicted molar refractivity (Wildman–Crippen MR) is 78.3 cm³/mol. The second-order valence-corrected chi connectivity index (χ2v) is 4.18. The summed E-state index contributed by atoms with van der Waals surface area (Å²) in [6, 6.07) is 10.7. The Labute approximate surface area is 108 Å². The van der Waals surface area contributed by atoms with Gasteiger partial charge in [0.1, 0.15) is 0 Å². The summed E-state index contributed by atoms with van der Waals surface area (Å²) >= 11 is 0. The molecule has 0 aromatic heterocycles. The third kappa shape index (κ3) is 7.98. The molecule has 1 aromatic carbocycles. The molecule has 0 saturated carbocycles. The summed E-state index contributed by atoms with van der Waals surface area (Å²) in [5, 5.41) is 0. The average molecular weight is 235 g/mol. The maximum Gasteiger partial charge on any atom is 0.0233 e. The van der Waals surface area contributed by atoms with E-state index in [1.807, 2.05) is 13.8 Å². The van der Waals surface area contributed by atoms with Crippen molar-refractivity contribution in [2.45, 2.75) is 53.5 Å². The molecule has 1 nitrogen and oxygen atoms in total. The highest BCUT2D eigenvalue weighted by atomic mass is 15.1. The molecule has 0 atom stereocenters. The van der Waals surface area contributed by atoms with Crippen LogP contribution in [-0.4, -0.2) is 18.0 Å². The lowest BCUT2D eigenvalue weighted by Gasteiger charge is -2.13. The van der Waals surface area contributed by atoms with E-state index in [0.29, 0.717) is 0 Å². The van der Waals surface area contributed by atoms with Crippen LogP contribution in [0.25, 0.3) is 0 Å². The summed E-state index contributed by atoms with van der Waals surface area (Å²) in [6.45, 7) is 12.0. The fraction of sp³-hybridized carbons (Fsp3) is 0.625. The highest BCUT2D eigenvalue weighted by molar-refractivity contribution is 5.14. The van der Waals surface area contributed by atoms with E-state index in [4.69, 9.17) is 0 Å². The van der Waals surface area contributed by atoms with Gasteiger partial charge in [-0.1, -0.05) is 64.4 Å². The number of hydrogen-bond acceptors (Lipinski definition) is 1. The van der Waals surface area contributed by atoms with Crippen LogP contribution in [-0.2, 0) is 6.54 Å². The van der Waals surface area contributed by atoms with Crippen molar-refractivity contribution in [2.24, 2.45) is 0 Å². The number of benzene rings is 1. The Kier molecular flexibility index (Phi) is 11.1. The van der Waals surface area contributed by atoms with Crippen LogP contribution >= 0.6 is 0 Å². The molecular weight excluding hydrogens is 206 g/mol. The lowest BCUT2D eigenvalue weighted by Crippen LogP contribution is -2.18. The van der Waals surface area contributed by atoms with Gasteiger partial charge in [0, 0.05) is 6.54 Å². The van der Waals surface area contributed by atoms with E-state index in [9.17, 15) is 0 Å². The SMILES string of the molecule is CC.CCC.c1ccc(CN2CCCC2)cc1. The Bertz CT molecular complexity index is 237. The molecule has 1 saturated heterocycles. The second kappa shape index (κ2) is 11.7. The quantitative estimate of drug-likeness (QED) is 0.716. The van der Waals surface area contributed by atoms with Crippen LogP contribution in [0.3, 0.4) is 0 Å². The Hall–Kier alpha value is -0.820. The van der Waals surface area contributed by atoms with Crippen LogP contribution in [0.15, 0.2) is 30.3 Å². The standard InChI is InChI=1S/C11H15N.C3H8.C2H6/c1-2-6-11(7-3-1)10-12-8-4-5-9-12;1-3-2;1-2/h1-3,6-7H,4-5,8-10H2;3H2,1-2H3;1-2H3. The second-order valence-electron chi connectivity index (χ2n) is 4.18. The zero-order valence-corrected chi connectivity index (χ0v) is 12.1. The van der Waals surface area contributed by atoms with Gasteiger partial charge in [0.2, 0.25) is 0 Å². The fourth-order valence-corrected chi connectivity index (χ4v) is 1.78. The molecule has 0 bridgehead atoms. The fourth-order valence-electron chi connectivity index (χ4n) is 1.78. The molecule has 0 amide bonds. The molecule has 1 heterocycles. The number of rotatable bonds is 2. The first-order valence-electron chi connectivity index (χ1n) is 7.13. The van der Waals surface area contributed by atoms with Gasteiger partial charge in [-0.05, 0) is 31.5 Å². The summed E-state index contributed by atoms with van der Waals surface area (Å²) in [5.41, 5.74) is 1.44. The van der Waals surface area contributed by atoms with Crippen LogP contribution in [0.5, 0.6) is 0 Å². The molecule has 0 unspecified atom stereocenters. The highest BCUT2D eigenvalue weighted by Crippen LogP contribution is 2.11. The van der Waals surface area contributed by atoms with Gasteiger partial charge >= 0.3 is 0 Å². The molecule has 1 aliphatic rings. The summed E-state index contributed by atoms with van der Waals surface area (Å²) in [5.74, 6) is 0. The number of hydrogen-bond donors (Lipinski definition) is 0. The Balaban J connectivity index is 0.000000450. The van der Waals surface area contributed by atoms with E-state index >= 15 is 0 Å². The van der Waals surface area contributed by atoms with Gasteiger partial charge in [0.25, 0.3) is 0 Å². The van der Waals surface area contributed by atoms with Gasteiger partial charge < -0.3 is 0 Å². The Morgan fingerprint density at radius 1 is 0.941 bits per heavy atom. The van der Waals surface area contributed by atoms with Crippen molar-refractivity contribution < 1.29 is 0 Å². The monoisotopic (exact) mass is 235 g/mol. The van der Waals surface area contributed by atoms with Crippen LogP contribution < -0.4 is 0 Å². The van der Waals surface area contributed by atoms with E-state index in [1.165, 1.54) is 37.9 Å². The molecule has 98 valence electrons. The summed E-state index contributed by atoms with van der Waals surface area (Å²) in [7, 11) is 0. The highest BCUT2D eigenvalue weighted by Gasteiger charge is 2.10. The molecule has 0 N–H and O–H groups in total. The molecule has 1 heteroatoms. The maximum absolute atomic E-state index is 2.52. The van der Waals surface area contributed by atoms with Gasteiger partial charge in [0.05, 0.1) is 0 Å². The van der Waals surface area contributed by atoms with E-state index in [-0.39, 0.29) is 0 Å². The van der Waals surface area contributed by atoms with Crippen molar-refractivity contribution in [1.29, 1.82) is 0 Å². The molecule has 2 rings (SSSR count). The van der Waals surface area contributed by atoms with E-state index in [1.54, 1.807) is 0 Å². The lowest BCUT2D eigenvalue weighted by atomic mass is 10.2. The van der Waals surface area contributed by atoms with Gasteiger partial charge in [0.15, 0.2) is 0 Å². The molecule has 1 fully saturated rings. The van der Waals surface area contributed by atoms with Crippen molar-refractivity contribution in [3.8, 4) is 0 Å². The van der Waals surface area contributed by atoms with Gasteiger partial charge in [-0.2, -0.15) is 0 Å². The van der Waals surface area contributed by atoms with E-state index < -0.39 is 0 Å². The van der Waals surface area contributed by atoms with Crippen molar-refractivity contribution in [1.82, 2.24) is 4.90 Å². The zero-order chi connectivity index (χ0) is 12.9. The minimum atomic E-state index is 1.14. The van der Waals surface area contributed by atoms with Crippen LogP contribution in [0.1, 0.15) is 52.5 Å². The number of nitrogens with zero attached hydrogens (tertiary/aromatic N) is 1. The zero-order valence-electron chi connectivity index (χ0n) is 12.1. The largest absolute Gasteiger partial charge is 0.299 e. The number of likely N-dealkylation sites (tertiary alicyclic amines) is 1. The molecular formula is C16H29N. The Morgan fingerprint density at radius 2 is 1.41 bits per heavy atom. The topological polar surface area (TPSA) is 3.24 Å². The van der Waals surface area contributed by atoms with E-state index in [2.05, 4.69) is 49.1 Å². The summed E-state index contributed by atoms with van der Waals surface area (Å²) in [4.78, 5) is 2.52. The van der Waals surface area contributed by atoms with Crippen molar-refractivity contribution in [3.63, 3.8) is 0 Å². The Morgan fingerprint density at radius 3 is 1.88 bits per heavy atom. The first-order chi connectivity index (χ1) is 8.36. The minimum absolute atomic E-state index is 1.14. The minimum Gasteiger partial charge on any atom is -0.299 e. The molecule has 17 heavy (non-hydrogen) atoms. The predicted octanol–water partition coefficient (Wildman–Crippen LogP) is 4.72. The normalized spacial score (nSPS) is 14.4. The van der Waals surface area contributed by atoms with Crippen molar-refractivity contribution in [3.05, 3.63) is 35.9 Å². The van der Waals surface area contributed by atoms with Crippen LogP contribution in [0.4, 0.5) is 0 Å². The molecule has 0 radical (unpaired) electrons. The molecule has 0 spiro atoms. The van der Waals surface area contributed by atoms with E-state index in [0.717, 1.165) is 6.54 Å². The molecule has 1 aliphatic heterocycles. The van der Waals surface area contributed by atoms with Gasteiger partial charge in [-0.25, -0.2) is 0 Å². The van der Waals surface area contributed by atoms with Crippen molar-refractivity contribution in [2.75, 3.05) is 13.1 Å². The summed E-state index contributed by atoms with van der Waals surface area (Å²) < 4.78 is 0. The summed E-state index contributed by atoms with van der Waals surface area (Å²) in [6.07, 6.45) is 4.01.